The number of carbonyl (C=O) groups is 2. The molecule has 1 heterocycles. The highest BCUT2D eigenvalue weighted by Crippen LogP contribution is 2.15. The molecule has 102 valence electrons. The molecule has 2 rings (SSSR count). The standard InChI is InChI=1S/C14H17FN2O2/c1-9-7-13(18)16-10(2)14(19)17(9)8-11-3-5-12(15)6-4-11/h3-6,9-10H,7-8H2,1-2H3,(H,16,18). The monoisotopic (exact) mass is 264 g/mol. The van der Waals surface area contributed by atoms with Crippen LogP contribution in [-0.2, 0) is 16.1 Å². The summed E-state index contributed by atoms with van der Waals surface area (Å²) < 4.78 is 12.9. The van der Waals surface area contributed by atoms with Gasteiger partial charge in [0.2, 0.25) is 11.8 Å². The zero-order valence-corrected chi connectivity index (χ0v) is 11.0. The maximum absolute atomic E-state index is 12.9. The predicted molar refractivity (Wildman–Crippen MR) is 68.6 cm³/mol. The van der Waals surface area contributed by atoms with E-state index < -0.39 is 6.04 Å². The van der Waals surface area contributed by atoms with E-state index in [-0.39, 0.29) is 30.1 Å². The van der Waals surface area contributed by atoms with E-state index >= 15 is 0 Å². The molecule has 4 nitrogen and oxygen atoms in total. The van der Waals surface area contributed by atoms with Gasteiger partial charge in [-0.05, 0) is 31.5 Å². The summed E-state index contributed by atoms with van der Waals surface area (Å²) in [5, 5.41) is 2.66. The number of hydrogen-bond acceptors (Lipinski definition) is 2. The third-order valence-electron chi connectivity index (χ3n) is 3.31. The van der Waals surface area contributed by atoms with Crippen LogP contribution < -0.4 is 5.32 Å². The molecule has 5 heteroatoms. The van der Waals surface area contributed by atoms with Gasteiger partial charge in [-0.1, -0.05) is 12.1 Å². The van der Waals surface area contributed by atoms with E-state index in [2.05, 4.69) is 5.32 Å². The van der Waals surface area contributed by atoms with E-state index in [9.17, 15) is 14.0 Å². The van der Waals surface area contributed by atoms with Crippen molar-refractivity contribution in [3.63, 3.8) is 0 Å². The highest BCUT2D eigenvalue weighted by molar-refractivity contribution is 5.90. The number of carbonyl (C=O) groups excluding carboxylic acids is 2. The van der Waals surface area contributed by atoms with Crippen LogP contribution in [0.4, 0.5) is 4.39 Å². The first-order valence-electron chi connectivity index (χ1n) is 6.31. The number of rotatable bonds is 2. The molecular formula is C14H17FN2O2. The molecule has 1 N–H and O–H groups in total. The van der Waals surface area contributed by atoms with Gasteiger partial charge in [-0.2, -0.15) is 0 Å². The van der Waals surface area contributed by atoms with Crippen LogP contribution in [0.15, 0.2) is 24.3 Å². The van der Waals surface area contributed by atoms with Crippen molar-refractivity contribution in [1.29, 1.82) is 0 Å². The van der Waals surface area contributed by atoms with Crippen LogP contribution in [0, 0.1) is 5.82 Å². The van der Waals surface area contributed by atoms with E-state index in [4.69, 9.17) is 0 Å². The molecule has 1 saturated heterocycles. The van der Waals surface area contributed by atoms with Crippen molar-refractivity contribution in [2.24, 2.45) is 0 Å². The number of amides is 2. The van der Waals surface area contributed by atoms with E-state index in [1.54, 1.807) is 24.0 Å². The Bertz CT molecular complexity index is 487. The van der Waals surface area contributed by atoms with Crippen LogP contribution in [0.3, 0.4) is 0 Å². The Morgan fingerprint density at radius 3 is 2.53 bits per heavy atom. The van der Waals surface area contributed by atoms with Crippen LogP contribution in [-0.4, -0.2) is 28.8 Å². The molecule has 2 amide bonds. The zero-order chi connectivity index (χ0) is 14.0. The van der Waals surface area contributed by atoms with Crippen LogP contribution in [0.25, 0.3) is 0 Å². The van der Waals surface area contributed by atoms with Gasteiger partial charge < -0.3 is 10.2 Å². The Kier molecular flexibility index (Phi) is 3.83. The van der Waals surface area contributed by atoms with Crippen molar-refractivity contribution in [2.75, 3.05) is 0 Å². The Labute approximate surface area is 111 Å². The quantitative estimate of drug-likeness (QED) is 0.879. The molecule has 0 aromatic heterocycles. The molecule has 0 spiro atoms. The molecule has 2 atom stereocenters. The maximum atomic E-state index is 12.9. The average Bonchev–Trinajstić information content (AvgIpc) is 2.44. The molecule has 1 aromatic carbocycles. The Hall–Kier alpha value is -1.91. The van der Waals surface area contributed by atoms with Gasteiger partial charge in [-0.15, -0.1) is 0 Å². The van der Waals surface area contributed by atoms with E-state index in [0.717, 1.165) is 5.56 Å². The Balaban J connectivity index is 2.18. The number of benzene rings is 1. The summed E-state index contributed by atoms with van der Waals surface area (Å²) in [6.45, 7) is 3.91. The molecule has 1 fully saturated rings. The van der Waals surface area contributed by atoms with Crippen molar-refractivity contribution in [1.82, 2.24) is 10.2 Å². The van der Waals surface area contributed by atoms with Gasteiger partial charge in [-0.25, -0.2) is 4.39 Å². The molecule has 1 aromatic rings. The molecule has 2 unspecified atom stereocenters. The normalized spacial score (nSPS) is 24.1. The minimum atomic E-state index is -0.516. The fourth-order valence-electron chi connectivity index (χ4n) is 2.23. The van der Waals surface area contributed by atoms with Crippen molar-refractivity contribution < 1.29 is 14.0 Å². The summed E-state index contributed by atoms with van der Waals surface area (Å²) in [5.41, 5.74) is 0.850. The third kappa shape index (κ3) is 3.10. The lowest BCUT2D eigenvalue weighted by atomic mass is 10.1. The SMILES string of the molecule is CC1NC(=O)CC(C)N(Cc2ccc(F)cc2)C1=O. The zero-order valence-electron chi connectivity index (χ0n) is 11.0. The predicted octanol–water partition coefficient (Wildman–Crippen LogP) is 1.45. The summed E-state index contributed by atoms with van der Waals surface area (Å²) in [4.78, 5) is 25.4. The van der Waals surface area contributed by atoms with Gasteiger partial charge in [0, 0.05) is 19.0 Å². The largest absolute Gasteiger partial charge is 0.345 e. The number of hydrogen-bond donors (Lipinski definition) is 1. The van der Waals surface area contributed by atoms with Crippen LogP contribution in [0.1, 0.15) is 25.8 Å². The van der Waals surface area contributed by atoms with Gasteiger partial charge in [-0.3, -0.25) is 9.59 Å². The lowest BCUT2D eigenvalue weighted by Crippen LogP contribution is -2.44. The molecule has 0 radical (unpaired) electrons. The van der Waals surface area contributed by atoms with Crippen molar-refractivity contribution >= 4 is 11.8 Å². The number of nitrogens with zero attached hydrogens (tertiary/aromatic N) is 1. The molecule has 1 aliphatic rings. The van der Waals surface area contributed by atoms with E-state index in [1.165, 1.54) is 12.1 Å². The molecule has 0 bridgehead atoms. The Morgan fingerprint density at radius 2 is 1.89 bits per heavy atom. The second kappa shape index (κ2) is 5.38. The first-order valence-corrected chi connectivity index (χ1v) is 6.31. The topological polar surface area (TPSA) is 49.4 Å². The van der Waals surface area contributed by atoms with Crippen molar-refractivity contribution in [3.05, 3.63) is 35.6 Å². The lowest BCUT2D eigenvalue weighted by molar-refractivity contribution is -0.135. The van der Waals surface area contributed by atoms with Crippen molar-refractivity contribution in [2.45, 2.75) is 38.9 Å². The van der Waals surface area contributed by atoms with Gasteiger partial charge in [0.1, 0.15) is 11.9 Å². The second-order valence-corrected chi connectivity index (χ2v) is 4.93. The highest BCUT2D eigenvalue weighted by atomic mass is 19.1. The average molecular weight is 264 g/mol. The lowest BCUT2D eigenvalue weighted by Gasteiger charge is -2.28. The molecule has 0 saturated carbocycles. The fraction of sp³-hybridized carbons (Fsp3) is 0.429. The van der Waals surface area contributed by atoms with Gasteiger partial charge in [0.25, 0.3) is 0 Å². The van der Waals surface area contributed by atoms with Gasteiger partial charge >= 0.3 is 0 Å². The summed E-state index contributed by atoms with van der Waals surface area (Å²) >= 11 is 0. The fourth-order valence-corrected chi connectivity index (χ4v) is 2.23. The molecular weight excluding hydrogens is 247 g/mol. The Morgan fingerprint density at radius 1 is 1.26 bits per heavy atom. The van der Waals surface area contributed by atoms with Gasteiger partial charge in [0.15, 0.2) is 0 Å². The van der Waals surface area contributed by atoms with Crippen LogP contribution in [0.5, 0.6) is 0 Å². The van der Waals surface area contributed by atoms with Crippen LogP contribution >= 0.6 is 0 Å². The number of nitrogens with one attached hydrogen (secondary N) is 1. The molecule has 19 heavy (non-hydrogen) atoms. The van der Waals surface area contributed by atoms with E-state index in [0.29, 0.717) is 6.54 Å². The maximum Gasteiger partial charge on any atom is 0.245 e. The minimum Gasteiger partial charge on any atom is -0.345 e. The van der Waals surface area contributed by atoms with E-state index in [1.807, 2.05) is 6.92 Å². The highest BCUT2D eigenvalue weighted by Gasteiger charge is 2.31. The molecule has 1 aliphatic heterocycles. The summed E-state index contributed by atoms with van der Waals surface area (Å²) in [6.07, 6.45) is 0.289. The smallest absolute Gasteiger partial charge is 0.245 e. The van der Waals surface area contributed by atoms with Crippen molar-refractivity contribution in [3.8, 4) is 0 Å². The second-order valence-electron chi connectivity index (χ2n) is 4.93. The van der Waals surface area contributed by atoms with Crippen LogP contribution in [0.2, 0.25) is 0 Å². The number of halogens is 1. The minimum absolute atomic E-state index is 0.109. The molecule has 0 aliphatic carbocycles. The summed E-state index contributed by atoms with van der Waals surface area (Å²) in [7, 11) is 0. The van der Waals surface area contributed by atoms with Gasteiger partial charge in [0.05, 0.1) is 0 Å². The third-order valence-corrected chi connectivity index (χ3v) is 3.31. The summed E-state index contributed by atoms with van der Waals surface area (Å²) in [5.74, 6) is -0.526. The first-order chi connectivity index (χ1) is 8.97. The summed E-state index contributed by atoms with van der Waals surface area (Å²) in [6, 6.07) is 5.37. The first kappa shape index (κ1) is 13.5.